The van der Waals surface area contributed by atoms with Crippen LogP contribution < -0.4 is 10.2 Å². The van der Waals surface area contributed by atoms with Gasteiger partial charge in [-0.15, -0.1) is 10.2 Å². The van der Waals surface area contributed by atoms with Gasteiger partial charge in [0.2, 0.25) is 0 Å². The van der Waals surface area contributed by atoms with Crippen LogP contribution in [0.3, 0.4) is 0 Å². The van der Waals surface area contributed by atoms with Gasteiger partial charge in [0.15, 0.2) is 5.82 Å². The molecular weight excluding hydrogens is 354 g/mol. The first kappa shape index (κ1) is 18.2. The van der Waals surface area contributed by atoms with Crippen molar-refractivity contribution in [2.45, 2.75) is 33.2 Å². The van der Waals surface area contributed by atoms with Gasteiger partial charge in [0.25, 0.3) is 0 Å². The Labute approximate surface area is 164 Å². The Bertz CT molecular complexity index is 938. The average Bonchev–Trinajstić information content (AvgIpc) is 3.11. The molecule has 4 rings (SSSR count). The second-order valence-corrected chi connectivity index (χ2v) is 7.44. The van der Waals surface area contributed by atoms with Crippen LogP contribution in [0, 0.1) is 12.8 Å². The minimum atomic E-state index is 0.0718. The standard InChI is InChI=1S/C20H25N7O/c1-13-4-3-7-27(12-13)19-6-5-17(25-26-19)20-18(28)8-16(11-22-20)21-9-15-10-23-24-14(15)2/h5-6,8,10-11,13,21,28H,3-4,7,9,12H2,1-2H3,(H,23,24). The van der Waals surface area contributed by atoms with Crippen LogP contribution in [-0.2, 0) is 6.54 Å². The number of H-pyrrole nitrogens is 1. The van der Waals surface area contributed by atoms with E-state index in [0.29, 0.717) is 23.9 Å². The lowest BCUT2D eigenvalue weighted by Crippen LogP contribution is -2.34. The number of piperidine rings is 1. The van der Waals surface area contributed by atoms with Crippen molar-refractivity contribution in [2.75, 3.05) is 23.3 Å². The van der Waals surface area contributed by atoms with E-state index < -0.39 is 0 Å². The fourth-order valence-corrected chi connectivity index (χ4v) is 3.52. The highest BCUT2D eigenvalue weighted by molar-refractivity contribution is 5.65. The molecule has 146 valence electrons. The Kier molecular flexibility index (Phi) is 5.10. The van der Waals surface area contributed by atoms with E-state index in [1.54, 1.807) is 18.5 Å². The molecule has 0 saturated carbocycles. The van der Waals surface area contributed by atoms with Crippen LogP contribution in [-0.4, -0.2) is 43.6 Å². The molecule has 1 aliphatic heterocycles. The highest BCUT2D eigenvalue weighted by Crippen LogP contribution is 2.29. The van der Waals surface area contributed by atoms with Crippen molar-refractivity contribution in [3.05, 3.63) is 41.9 Å². The quantitative estimate of drug-likeness (QED) is 0.626. The van der Waals surface area contributed by atoms with E-state index >= 15 is 0 Å². The van der Waals surface area contributed by atoms with Gasteiger partial charge in [-0.25, -0.2) is 4.98 Å². The van der Waals surface area contributed by atoms with E-state index in [0.717, 1.165) is 35.9 Å². The second kappa shape index (κ2) is 7.84. The number of aromatic hydroxyl groups is 1. The predicted octanol–water partition coefficient (Wildman–Crippen LogP) is 3.12. The summed E-state index contributed by atoms with van der Waals surface area (Å²) in [6, 6.07) is 5.47. The Balaban J connectivity index is 1.46. The maximum atomic E-state index is 10.4. The van der Waals surface area contributed by atoms with Crippen molar-refractivity contribution in [3.63, 3.8) is 0 Å². The van der Waals surface area contributed by atoms with Gasteiger partial charge in [-0.3, -0.25) is 5.10 Å². The number of nitrogens with one attached hydrogen (secondary N) is 2. The molecular formula is C20H25N7O. The van der Waals surface area contributed by atoms with Crippen molar-refractivity contribution in [3.8, 4) is 17.1 Å². The highest BCUT2D eigenvalue weighted by Gasteiger charge is 2.18. The molecule has 0 spiro atoms. The fraction of sp³-hybridized carbons (Fsp3) is 0.400. The molecule has 1 saturated heterocycles. The van der Waals surface area contributed by atoms with E-state index in [9.17, 15) is 5.11 Å². The number of hydrogen-bond acceptors (Lipinski definition) is 7. The third kappa shape index (κ3) is 3.90. The zero-order chi connectivity index (χ0) is 19.5. The Morgan fingerprint density at radius 3 is 2.86 bits per heavy atom. The van der Waals surface area contributed by atoms with Crippen molar-refractivity contribution in [2.24, 2.45) is 5.92 Å². The van der Waals surface area contributed by atoms with Gasteiger partial charge in [0.1, 0.15) is 17.1 Å². The average molecular weight is 379 g/mol. The van der Waals surface area contributed by atoms with Gasteiger partial charge in [-0.2, -0.15) is 5.10 Å². The minimum absolute atomic E-state index is 0.0718. The Hall–Kier alpha value is -3.16. The molecule has 1 unspecified atom stereocenters. The fourth-order valence-electron chi connectivity index (χ4n) is 3.52. The van der Waals surface area contributed by atoms with Gasteiger partial charge < -0.3 is 15.3 Å². The molecule has 1 aliphatic rings. The van der Waals surface area contributed by atoms with Crippen molar-refractivity contribution in [1.82, 2.24) is 25.4 Å². The number of aromatic nitrogens is 5. The molecule has 3 aromatic rings. The van der Waals surface area contributed by atoms with E-state index in [1.807, 2.05) is 19.1 Å². The first-order chi connectivity index (χ1) is 13.6. The third-order valence-electron chi connectivity index (χ3n) is 5.16. The number of rotatable bonds is 5. The molecule has 3 N–H and O–H groups in total. The van der Waals surface area contributed by atoms with Crippen LogP contribution in [0.25, 0.3) is 11.4 Å². The monoisotopic (exact) mass is 379 g/mol. The van der Waals surface area contributed by atoms with Gasteiger partial charge in [-0.05, 0) is 37.8 Å². The van der Waals surface area contributed by atoms with Crippen molar-refractivity contribution in [1.29, 1.82) is 0 Å². The summed E-state index contributed by atoms with van der Waals surface area (Å²) in [4.78, 5) is 6.64. The SMILES string of the molecule is Cc1[nH]ncc1CNc1cnc(-c2ccc(N3CCCC(C)C3)nn2)c(O)c1. The largest absolute Gasteiger partial charge is 0.506 e. The summed E-state index contributed by atoms with van der Waals surface area (Å²) in [6.07, 6.45) is 5.91. The van der Waals surface area contributed by atoms with Crippen LogP contribution in [0.5, 0.6) is 5.75 Å². The van der Waals surface area contributed by atoms with Crippen LogP contribution in [0.1, 0.15) is 31.0 Å². The maximum Gasteiger partial charge on any atom is 0.151 e. The first-order valence-corrected chi connectivity index (χ1v) is 9.61. The van der Waals surface area contributed by atoms with Gasteiger partial charge >= 0.3 is 0 Å². The summed E-state index contributed by atoms with van der Waals surface area (Å²) >= 11 is 0. The zero-order valence-electron chi connectivity index (χ0n) is 16.2. The Morgan fingerprint density at radius 2 is 2.18 bits per heavy atom. The van der Waals surface area contributed by atoms with Gasteiger partial charge in [0, 0.05) is 37.0 Å². The molecule has 8 nitrogen and oxygen atoms in total. The van der Waals surface area contributed by atoms with E-state index in [-0.39, 0.29) is 5.75 Å². The number of hydrogen-bond donors (Lipinski definition) is 3. The normalized spacial score (nSPS) is 16.9. The highest BCUT2D eigenvalue weighted by atomic mass is 16.3. The topological polar surface area (TPSA) is 103 Å². The third-order valence-corrected chi connectivity index (χ3v) is 5.16. The summed E-state index contributed by atoms with van der Waals surface area (Å²) in [5, 5.41) is 29.2. The number of aromatic amines is 1. The summed E-state index contributed by atoms with van der Waals surface area (Å²) in [5.41, 5.74) is 3.80. The summed E-state index contributed by atoms with van der Waals surface area (Å²) < 4.78 is 0. The van der Waals surface area contributed by atoms with E-state index in [4.69, 9.17) is 0 Å². The maximum absolute atomic E-state index is 10.4. The molecule has 0 aromatic carbocycles. The second-order valence-electron chi connectivity index (χ2n) is 7.44. The molecule has 3 aromatic heterocycles. The molecule has 28 heavy (non-hydrogen) atoms. The molecule has 1 fully saturated rings. The molecule has 0 aliphatic carbocycles. The lowest BCUT2D eigenvalue weighted by atomic mass is 10.0. The number of anilines is 2. The van der Waals surface area contributed by atoms with E-state index in [2.05, 4.69) is 42.5 Å². The zero-order valence-corrected chi connectivity index (χ0v) is 16.2. The smallest absolute Gasteiger partial charge is 0.151 e. The van der Waals surface area contributed by atoms with E-state index in [1.165, 1.54) is 12.8 Å². The lowest BCUT2D eigenvalue weighted by molar-refractivity contribution is 0.443. The molecule has 0 amide bonds. The Morgan fingerprint density at radius 1 is 1.29 bits per heavy atom. The van der Waals surface area contributed by atoms with Crippen molar-refractivity contribution >= 4 is 11.5 Å². The van der Waals surface area contributed by atoms with Crippen LogP contribution in [0.2, 0.25) is 0 Å². The minimum Gasteiger partial charge on any atom is -0.506 e. The van der Waals surface area contributed by atoms with Crippen LogP contribution in [0.15, 0.2) is 30.6 Å². The molecule has 0 bridgehead atoms. The van der Waals surface area contributed by atoms with Gasteiger partial charge in [-0.1, -0.05) is 6.92 Å². The number of pyridine rings is 1. The summed E-state index contributed by atoms with van der Waals surface area (Å²) in [6.45, 7) is 6.85. The summed E-state index contributed by atoms with van der Waals surface area (Å²) in [5.74, 6) is 1.62. The molecule has 1 atom stereocenters. The van der Waals surface area contributed by atoms with Crippen LogP contribution in [0.4, 0.5) is 11.5 Å². The first-order valence-electron chi connectivity index (χ1n) is 9.61. The predicted molar refractivity (Wildman–Crippen MR) is 108 cm³/mol. The van der Waals surface area contributed by atoms with Crippen LogP contribution >= 0.6 is 0 Å². The van der Waals surface area contributed by atoms with Crippen molar-refractivity contribution < 1.29 is 5.11 Å². The molecule has 8 heteroatoms. The molecule has 0 radical (unpaired) electrons. The lowest BCUT2D eigenvalue weighted by Gasteiger charge is -2.31. The summed E-state index contributed by atoms with van der Waals surface area (Å²) in [7, 11) is 0. The van der Waals surface area contributed by atoms with Gasteiger partial charge in [0.05, 0.1) is 18.1 Å². The number of nitrogens with zero attached hydrogens (tertiary/aromatic N) is 5. The number of aryl methyl sites for hydroxylation is 1. The molecule has 4 heterocycles.